The van der Waals surface area contributed by atoms with Crippen LogP contribution in [0.2, 0.25) is 10.0 Å². The monoisotopic (exact) mass is 549 g/mol. The van der Waals surface area contributed by atoms with Gasteiger partial charge in [0.05, 0.1) is 22.5 Å². The molecule has 0 spiro atoms. The van der Waals surface area contributed by atoms with Crippen LogP contribution in [0.5, 0.6) is 5.75 Å². The smallest absolute Gasteiger partial charge is 0.225 e. The summed E-state index contributed by atoms with van der Waals surface area (Å²) in [4.78, 5) is 9.68. The van der Waals surface area contributed by atoms with Gasteiger partial charge in [0.1, 0.15) is 11.4 Å². The Balaban J connectivity index is 1.71. The molecule has 0 saturated carbocycles. The number of halogens is 3. The molecule has 0 amide bonds. The van der Waals surface area contributed by atoms with Crippen LogP contribution in [0.1, 0.15) is 12.6 Å². The fourth-order valence-electron chi connectivity index (χ4n) is 2.83. The van der Waals surface area contributed by atoms with Gasteiger partial charge in [0.2, 0.25) is 5.90 Å². The van der Waals surface area contributed by atoms with Gasteiger partial charge in [0.15, 0.2) is 6.61 Å². The van der Waals surface area contributed by atoms with Crippen molar-refractivity contribution in [3.05, 3.63) is 80.0 Å². The van der Waals surface area contributed by atoms with Gasteiger partial charge < -0.3 is 15.3 Å². The molecule has 1 aromatic heterocycles. The molecule has 3 rings (SSSR count). The SMILES string of the molecule is CN=C(Oc1ccc(Br)cc1)C(C=NOCc1c(Cl)c(-c2ccc(Cl)cc2)nn1C)=C(C)N. The zero-order valence-corrected chi connectivity index (χ0v) is 21.3. The van der Waals surface area contributed by atoms with Crippen molar-refractivity contribution < 1.29 is 9.57 Å². The van der Waals surface area contributed by atoms with Crippen molar-refractivity contribution in [1.29, 1.82) is 0 Å². The molecular weight excluding hydrogens is 529 g/mol. The lowest BCUT2D eigenvalue weighted by Gasteiger charge is -2.10. The molecule has 0 aliphatic carbocycles. The average Bonchev–Trinajstić information content (AvgIpc) is 3.07. The summed E-state index contributed by atoms with van der Waals surface area (Å²) >= 11 is 15.9. The number of nitrogens with two attached hydrogens (primary N) is 1. The van der Waals surface area contributed by atoms with Crippen LogP contribution in [0.15, 0.2) is 74.4 Å². The summed E-state index contributed by atoms with van der Waals surface area (Å²) in [5.74, 6) is 0.927. The number of ether oxygens (including phenoxy) is 1. The van der Waals surface area contributed by atoms with Crippen molar-refractivity contribution in [2.45, 2.75) is 13.5 Å². The zero-order valence-electron chi connectivity index (χ0n) is 18.2. The summed E-state index contributed by atoms with van der Waals surface area (Å²) in [6.45, 7) is 1.84. The van der Waals surface area contributed by atoms with Crippen LogP contribution in [0.4, 0.5) is 0 Å². The summed E-state index contributed by atoms with van der Waals surface area (Å²) in [7, 11) is 3.40. The summed E-state index contributed by atoms with van der Waals surface area (Å²) in [6.07, 6.45) is 1.46. The Morgan fingerprint density at radius 2 is 1.82 bits per heavy atom. The molecule has 3 aromatic rings. The molecule has 33 heavy (non-hydrogen) atoms. The van der Waals surface area contributed by atoms with Gasteiger partial charge in [-0.2, -0.15) is 5.10 Å². The van der Waals surface area contributed by atoms with Crippen molar-refractivity contribution in [1.82, 2.24) is 9.78 Å². The van der Waals surface area contributed by atoms with Crippen molar-refractivity contribution >= 4 is 51.2 Å². The highest BCUT2D eigenvalue weighted by Crippen LogP contribution is 2.31. The fourth-order valence-corrected chi connectivity index (χ4v) is 3.55. The zero-order chi connectivity index (χ0) is 24.0. The molecule has 2 N–H and O–H groups in total. The second kappa shape index (κ2) is 11.4. The Bertz CT molecular complexity index is 1200. The van der Waals surface area contributed by atoms with E-state index in [1.165, 1.54) is 6.21 Å². The molecule has 0 saturated heterocycles. The van der Waals surface area contributed by atoms with Crippen LogP contribution < -0.4 is 10.5 Å². The van der Waals surface area contributed by atoms with Crippen LogP contribution in [0.3, 0.4) is 0 Å². The minimum absolute atomic E-state index is 0.107. The summed E-state index contributed by atoms with van der Waals surface area (Å²) in [5.41, 5.74) is 9.17. The molecule has 2 aromatic carbocycles. The first-order valence-corrected chi connectivity index (χ1v) is 11.3. The molecule has 0 aliphatic rings. The number of nitrogens with zero attached hydrogens (tertiary/aromatic N) is 4. The standard InChI is InChI=1S/C23H22BrCl2N5O2/c1-14(27)19(23(28-2)33-18-10-6-16(24)7-11-18)12-29-32-13-20-21(26)22(30-31(20)3)15-4-8-17(25)9-5-15/h4-12H,13,27H2,1-3H3. The minimum Gasteiger partial charge on any atom is -0.439 e. The number of aliphatic imine (C=N–C) groups is 1. The third kappa shape index (κ3) is 6.37. The Hall–Kier alpha value is -2.81. The highest BCUT2D eigenvalue weighted by atomic mass is 79.9. The first kappa shape index (κ1) is 24.8. The van der Waals surface area contributed by atoms with Crippen LogP contribution >= 0.6 is 39.1 Å². The van der Waals surface area contributed by atoms with E-state index in [0.29, 0.717) is 44.4 Å². The lowest BCUT2D eigenvalue weighted by atomic mass is 10.1. The number of aryl methyl sites for hydroxylation is 1. The van der Waals surface area contributed by atoms with E-state index in [9.17, 15) is 0 Å². The van der Waals surface area contributed by atoms with E-state index in [1.54, 1.807) is 37.8 Å². The Labute approximate surface area is 210 Å². The van der Waals surface area contributed by atoms with E-state index in [-0.39, 0.29) is 6.61 Å². The predicted octanol–water partition coefficient (Wildman–Crippen LogP) is 6.00. The molecule has 0 bridgehead atoms. The number of oxime groups is 1. The predicted molar refractivity (Wildman–Crippen MR) is 137 cm³/mol. The molecule has 1 heterocycles. The molecule has 0 fully saturated rings. The van der Waals surface area contributed by atoms with Gasteiger partial charge in [0.25, 0.3) is 0 Å². The number of rotatable bonds is 7. The molecule has 10 heteroatoms. The summed E-state index contributed by atoms with van der Waals surface area (Å²) in [6, 6.07) is 14.7. The van der Waals surface area contributed by atoms with E-state index < -0.39 is 0 Å². The Morgan fingerprint density at radius 3 is 2.42 bits per heavy atom. The van der Waals surface area contributed by atoms with Gasteiger partial charge in [-0.15, -0.1) is 0 Å². The van der Waals surface area contributed by atoms with E-state index >= 15 is 0 Å². The first-order chi connectivity index (χ1) is 15.8. The van der Waals surface area contributed by atoms with Crippen molar-refractivity contribution in [3.8, 4) is 17.0 Å². The fraction of sp³-hybridized carbons (Fsp3) is 0.174. The van der Waals surface area contributed by atoms with E-state index in [0.717, 1.165) is 10.0 Å². The van der Waals surface area contributed by atoms with Crippen LogP contribution in [0.25, 0.3) is 11.3 Å². The Kier molecular flexibility index (Phi) is 8.55. The van der Waals surface area contributed by atoms with Gasteiger partial charge in [-0.05, 0) is 43.3 Å². The maximum atomic E-state index is 6.55. The molecule has 172 valence electrons. The first-order valence-electron chi connectivity index (χ1n) is 9.79. The lowest BCUT2D eigenvalue weighted by molar-refractivity contribution is 0.126. The second-order valence-corrected chi connectivity index (χ2v) is 8.66. The second-order valence-electron chi connectivity index (χ2n) is 6.93. The van der Waals surface area contributed by atoms with Crippen LogP contribution in [-0.4, -0.2) is 28.9 Å². The number of hydrogen-bond donors (Lipinski definition) is 1. The maximum absolute atomic E-state index is 6.55. The number of aromatic nitrogens is 2. The summed E-state index contributed by atoms with van der Waals surface area (Å²) < 4.78 is 8.45. The largest absolute Gasteiger partial charge is 0.439 e. The average molecular weight is 551 g/mol. The van der Waals surface area contributed by atoms with Crippen molar-refractivity contribution in [3.63, 3.8) is 0 Å². The summed E-state index contributed by atoms with van der Waals surface area (Å²) in [5, 5.41) is 9.65. The number of allylic oxidation sites excluding steroid dienone is 1. The third-order valence-electron chi connectivity index (χ3n) is 4.56. The molecular formula is C23H22BrCl2N5O2. The van der Waals surface area contributed by atoms with Gasteiger partial charge in [0, 0.05) is 34.9 Å². The quantitative estimate of drug-likeness (QED) is 0.222. The van der Waals surface area contributed by atoms with Gasteiger partial charge >= 0.3 is 0 Å². The van der Waals surface area contributed by atoms with Crippen LogP contribution in [-0.2, 0) is 18.5 Å². The normalized spacial score (nSPS) is 12.7. The molecule has 0 atom stereocenters. The van der Waals surface area contributed by atoms with E-state index in [1.807, 2.05) is 36.4 Å². The van der Waals surface area contributed by atoms with Gasteiger partial charge in [-0.1, -0.05) is 56.4 Å². The number of benzene rings is 2. The molecule has 7 nitrogen and oxygen atoms in total. The highest BCUT2D eigenvalue weighted by Gasteiger charge is 2.17. The van der Waals surface area contributed by atoms with Gasteiger partial charge in [-0.3, -0.25) is 9.67 Å². The molecule has 0 aliphatic heterocycles. The topological polar surface area (TPSA) is 87.0 Å². The van der Waals surface area contributed by atoms with Crippen molar-refractivity contribution in [2.24, 2.45) is 22.9 Å². The highest BCUT2D eigenvalue weighted by molar-refractivity contribution is 9.10. The van der Waals surface area contributed by atoms with Crippen molar-refractivity contribution in [2.75, 3.05) is 7.05 Å². The van der Waals surface area contributed by atoms with E-state index in [2.05, 4.69) is 31.2 Å². The minimum atomic E-state index is 0.107. The Morgan fingerprint density at radius 1 is 1.15 bits per heavy atom. The maximum Gasteiger partial charge on any atom is 0.225 e. The lowest BCUT2D eigenvalue weighted by Crippen LogP contribution is -2.17. The van der Waals surface area contributed by atoms with Crippen LogP contribution in [0, 0.1) is 0 Å². The van der Waals surface area contributed by atoms with E-state index in [4.69, 9.17) is 38.5 Å². The number of hydrogen-bond acceptors (Lipinski definition) is 6. The third-order valence-corrected chi connectivity index (χ3v) is 5.74. The molecule has 0 unspecified atom stereocenters. The molecule has 0 radical (unpaired) electrons. The van der Waals surface area contributed by atoms with Gasteiger partial charge in [-0.25, -0.2) is 0 Å².